The van der Waals surface area contributed by atoms with Crippen LogP contribution in [0.25, 0.3) is 0 Å². The number of halogens is 1. The molecule has 1 aromatic carbocycles. The molecule has 0 radical (unpaired) electrons. The molecule has 0 bridgehead atoms. The molecule has 0 saturated carbocycles. The summed E-state index contributed by atoms with van der Waals surface area (Å²) >= 11 is 0. The SMILES string of the molecule is COc1ccc(F)c(Nc2ncncc2N)c1. The van der Waals surface area contributed by atoms with E-state index in [1.54, 1.807) is 0 Å². The first kappa shape index (κ1) is 11.1. The van der Waals surface area contributed by atoms with Gasteiger partial charge in [-0.3, -0.25) is 0 Å². The Bertz CT molecular complexity index is 533. The third-order valence-corrected chi connectivity index (χ3v) is 2.17. The van der Waals surface area contributed by atoms with Crippen molar-refractivity contribution in [3.8, 4) is 5.75 Å². The topological polar surface area (TPSA) is 73.1 Å². The van der Waals surface area contributed by atoms with Crippen LogP contribution in [0.15, 0.2) is 30.7 Å². The molecule has 1 heterocycles. The maximum atomic E-state index is 13.5. The summed E-state index contributed by atoms with van der Waals surface area (Å²) in [7, 11) is 1.51. The number of nitrogens with one attached hydrogen (secondary N) is 1. The van der Waals surface area contributed by atoms with E-state index in [0.29, 0.717) is 17.3 Å². The number of aromatic nitrogens is 2. The van der Waals surface area contributed by atoms with Crippen LogP contribution in [0.2, 0.25) is 0 Å². The Labute approximate surface area is 97.5 Å². The molecule has 3 N–H and O–H groups in total. The second-order valence-corrected chi connectivity index (χ2v) is 3.30. The summed E-state index contributed by atoms with van der Waals surface area (Å²) in [4.78, 5) is 7.66. The molecule has 0 aliphatic rings. The van der Waals surface area contributed by atoms with Gasteiger partial charge in [-0.1, -0.05) is 0 Å². The minimum Gasteiger partial charge on any atom is -0.497 e. The van der Waals surface area contributed by atoms with Crippen LogP contribution in [0.5, 0.6) is 5.75 Å². The van der Waals surface area contributed by atoms with Gasteiger partial charge in [0, 0.05) is 6.07 Å². The van der Waals surface area contributed by atoms with Crippen molar-refractivity contribution in [3.05, 3.63) is 36.5 Å². The number of nitrogens with zero attached hydrogens (tertiary/aromatic N) is 2. The Morgan fingerprint density at radius 1 is 1.41 bits per heavy atom. The predicted octanol–water partition coefficient (Wildman–Crippen LogP) is 1.95. The zero-order valence-corrected chi connectivity index (χ0v) is 9.14. The van der Waals surface area contributed by atoms with Crippen LogP contribution in [0.3, 0.4) is 0 Å². The molecule has 6 heteroatoms. The Kier molecular flexibility index (Phi) is 3.04. The van der Waals surface area contributed by atoms with Crippen LogP contribution in [-0.4, -0.2) is 17.1 Å². The summed E-state index contributed by atoms with van der Waals surface area (Å²) in [6.45, 7) is 0. The fraction of sp³-hybridized carbons (Fsp3) is 0.0909. The van der Waals surface area contributed by atoms with Gasteiger partial charge in [0.2, 0.25) is 0 Å². The van der Waals surface area contributed by atoms with Crippen LogP contribution in [-0.2, 0) is 0 Å². The van der Waals surface area contributed by atoms with Crippen LogP contribution in [0.1, 0.15) is 0 Å². The van der Waals surface area contributed by atoms with Crippen molar-refractivity contribution < 1.29 is 9.13 Å². The van der Waals surface area contributed by atoms with E-state index >= 15 is 0 Å². The quantitative estimate of drug-likeness (QED) is 0.849. The lowest BCUT2D eigenvalue weighted by Gasteiger charge is -2.09. The van der Waals surface area contributed by atoms with Crippen molar-refractivity contribution in [3.63, 3.8) is 0 Å². The average molecular weight is 234 g/mol. The number of benzene rings is 1. The van der Waals surface area contributed by atoms with Gasteiger partial charge in [0.05, 0.1) is 24.7 Å². The minimum atomic E-state index is -0.413. The standard InChI is InChI=1S/C11H11FN4O/c1-17-7-2-3-8(12)10(4-7)16-11-9(13)5-14-6-15-11/h2-6H,13H2,1H3,(H,14,15,16). The van der Waals surface area contributed by atoms with E-state index in [1.807, 2.05) is 0 Å². The lowest BCUT2D eigenvalue weighted by Crippen LogP contribution is -2.01. The molecule has 2 rings (SSSR count). The molecule has 88 valence electrons. The summed E-state index contributed by atoms with van der Waals surface area (Å²) in [6, 6.07) is 4.36. The van der Waals surface area contributed by atoms with Crippen molar-refractivity contribution in [1.82, 2.24) is 9.97 Å². The highest BCUT2D eigenvalue weighted by atomic mass is 19.1. The monoisotopic (exact) mass is 234 g/mol. The van der Waals surface area contributed by atoms with E-state index in [2.05, 4.69) is 15.3 Å². The molecule has 0 fully saturated rings. The van der Waals surface area contributed by atoms with E-state index in [4.69, 9.17) is 10.5 Å². The average Bonchev–Trinajstić information content (AvgIpc) is 2.35. The van der Waals surface area contributed by atoms with Crippen molar-refractivity contribution >= 4 is 17.2 Å². The molecule has 0 saturated heterocycles. The Morgan fingerprint density at radius 3 is 2.94 bits per heavy atom. The summed E-state index contributed by atoms with van der Waals surface area (Å²) in [5, 5.41) is 2.78. The van der Waals surface area contributed by atoms with E-state index < -0.39 is 5.82 Å². The molecule has 5 nitrogen and oxygen atoms in total. The Balaban J connectivity index is 2.32. The molecule has 0 aliphatic heterocycles. The minimum absolute atomic E-state index is 0.245. The number of ether oxygens (including phenoxy) is 1. The Morgan fingerprint density at radius 2 is 2.24 bits per heavy atom. The van der Waals surface area contributed by atoms with Crippen molar-refractivity contribution in [1.29, 1.82) is 0 Å². The number of anilines is 3. The molecule has 2 aromatic rings. The summed E-state index contributed by atoms with van der Waals surface area (Å²) < 4.78 is 18.5. The molecular weight excluding hydrogens is 223 g/mol. The summed E-state index contributed by atoms with van der Waals surface area (Å²) in [5.74, 6) is 0.484. The number of hydrogen-bond donors (Lipinski definition) is 2. The Hall–Kier alpha value is -2.37. The number of rotatable bonds is 3. The molecule has 0 unspecified atom stereocenters. The van der Waals surface area contributed by atoms with Crippen LogP contribution in [0, 0.1) is 5.82 Å². The molecule has 0 amide bonds. The molecule has 0 spiro atoms. The zero-order valence-electron chi connectivity index (χ0n) is 9.14. The van der Waals surface area contributed by atoms with Crippen molar-refractivity contribution in [2.45, 2.75) is 0 Å². The third kappa shape index (κ3) is 2.41. The van der Waals surface area contributed by atoms with Crippen molar-refractivity contribution in [2.75, 3.05) is 18.2 Å². The van der Waals surface area contributed by atoms with Gasteiger partial charge in [0.15, 0.2) is 5.82 Å². The number of methoxy groups -OCH3 is 1. The van der Waals surface area contributed by atoms with Gasteiger partial charge in [-0.05, 0) is 12.1 Å². The second kappa shape index (κ2) is 4.65. The zero-order chi connectivity index (χ0) is 12.3. The van der Waals surface area contributed by atoms with Gasteiger partial charge < -0.3 is 15.8 Å². The van der Waals surface area contributed by atoms with Crippen molar-refractivity contribution in [2.24, 2.45) is 0 Å². The van der Waals surface area contributed by atoms with Gasteiger partial charge in [-0.2, -0.15) is 0 Å². The maximum absolute atomic E-state index is 13.5. The lowest BCUT2D eigenvalue weighted by molar-refractivity contribution is 0.414. The van der Waals surface area contributed by atoms with Crippen LogP contribution in [0.4, 0.5) is 21.6 Å². The van der Waals surface area contributed by atoms with Gasteiger partial charge in [0.1, 0.15) is 17.9 Å². The lowest BCUT2D eigenvalue weighted by atomic mass is 10.3. The van der Waals surface area contributed by atoms with E-state index in [-0.39, 0.29) is 5.69 Å². The highest BCUT2D eigenvalue weighted by Crippen LogP contribution is 2.25. The van der Waals surface area contributed by atoms with Gasteiger partial charge in [-0.25, -0.2) is 14.4 Å². The van der Waals surface area contributed by atoms with E-state index in [9.17, 15) is 4.39 Å². The maximum Gasteiger partial charge on any atom is 0.157 e. The van der Waals surface area contributed by atoms with Gasteiger partial charge in [-0.15, -0.1) is 0 Å². The third-order valence-electron chi connectivity index (χ3n) is 2.17. The normalized spacial score (nSPS) is 10.0. The highest BCUT2D eigenvalue weighted by Gasteiger charge is 2.07. The summed E-state index contributed by atoms with van der Waals surface area (Å²) in [5.41, 5.74) is 6.24. The van der Waals surface area contributed by atoms with E-state index in [1.165, 1.54) is 37.8 Å². The predicted molar refractivity (Wildman–Crippen MR) is 62.7 cm³/mol. The molecule has 0 aliphatic carbocycles. The molecule has 17 heavy (non-hydrogen) atoms. The van der Waals surface area contributed by atoms with Gasteiger partial charge in [0.25, 0.3) is 0 Å². The second-order valence-electron chi connectivity index (χ2n) is 3.30. The number of nitrogens with two attached hydrogens (primary N) is 1. The first-order valence-electron chi connectivity index (χ1n) is 4.86. The van der Waals surface area contributed by atoms with Crippen LogP contribution < -0.4 is 15.8 Å². The first-order chi connectivity index (χ1) is 8.20. The van der Waals surface area contributed by atoms with Crippen LogP contribution >= 0.6 is 0 Å². The fourth-order valence-corrected chi connectivity index (χ4v) is 1.30. The molecule has 0 atom stereocenters. The largest absolute Gasteiger partial charge is 0.497 e. The number of hydrogen-bond acceptors (Lipinski definition) is 5. The number of nitrogen functional groups attached to an aromatic ring is 1. The highest BCUT2D eigenvalue weighted by molar-refractivity contribution is 5.68. The first-order valence-corrected chi connectivity index (χ1v) is 4.86. The van der Waals surface area contributed by atoms with Gasteiger partial charge >= 0.3 is 0 Å². The summed E-state index contributed by atoms with van der Waals surface area (Å²) in [6.07, 6.45) is 2.77. The molecule has 1 aromatic heterocycles. The smallest absolute Gasteiger partial charge is 0.157 e. The molecular formula is C11H11FN4O. The van der Waals surface area contributed by atoms with E-state index in [0.717, 1.165) is 0 Å². The fourth-order valence-electron chi connectivity index (χ4n) is 1.30.